The van der Waals surface area contributed by atoms with E-state index in [1.54, 1.807) is 0 Å². The SMILES string of the molecule is c1ccc(-c2cc(-c3ccccc3)nc(-c3ccc(N4c5ccccc5-c5sc6ccccc6c5-c5ccccc54)cc3)c2)cc1. The zero-order valence-electron chi connectivity index (χ0n) is 25.0. The van der Waals surface area contributed by atoms with Crippen molar-refractivity contribution in [3.63, 3.8) is 0 Å². The average molecular weight is 605 g/mol. The van der Waals surface area contributed by atoms with Gasteiger partial charge in [0.1, 0.15) is 0 Å². The number of pyridine rings is 1. The summed E-state index contributed by atoms with van der Waals surface area (Å²) in [6.45, 7) is 0. The molecule has 0 unspecified atom stereocenters. The average Bonchev–Trinajstić information content (AvgIpc) is 3.47. The number of rotatable bonds is 4. The number of hydrogen-bond donors (Lipinski definition) is 0. The summed E-state index contributed by atoms with van der Waals surface area (Å²) in [6, 6.07) is 60.7. The van der Waals surface area contributed by atoms with Crippen molar-refractivity contribution >= 4 is 38.5 Å². The first-order valence-corrected chi connectivity index (χ1v) is 16.4. The largest absolute Gasteiger partial charge is 0.309 e. The molecule has 1 aliphatic rings. The zero-order chi connectivity index (χ0) is 30.5. The van der Waals surface area contributed by atoms with E-state index in [2.05, 4.69) is 169 Å². The molecule has 2 nitrogen and oxygen atoms in total. The normalized spacial score (nSPS) is 11.9. The monoisotopic (exact) mass is 604 g/mol. The van der Waals surface area contributed by atoms with Crippen LogP contribution in [0.4, 0.5) is 17.1 Å². The minimum absolute atomic E-state index is 0.956. The Labute approximate surface area is 272 Å². The maximum atomic E-state index is 5.17. The van der Waals surface area contributed by atoms with E-state index in [0.29, 0.717) is 0 Å². The van der Waals surface area contributed by atoms with Gasteiger partial charge in [-0.05, 0) is 53.6 Å². The summed E-state index contributed by atoms with van der Waals surface area (Å²) in [7, 11) is 0. The van der Waals surface area contributed by atoms with Crippen LogP contribution in [0.5, 0.6) is 0 Å². The Morgan fingerprint density at radius 1 is 0.435 bits per heavy atom. The van der Waals surface area contributed by atoms with Crippen molar-refractivity contribution in [1.82, 2.24) is 4.98 Å². The third kappa shape index (κ3) is 4.44. The van der Waals surface area contributed by atoms with Crippen LogP contribution in [0.3, 0.4) is 0 Å². The molecule has 0 N–H and O–H groups in total. The lowest BCUT2D eigenvalue weighted by Gasteiger charge is -2.27. The molecule has 0 atom stereocenters. The van der Waals surface area contributed by atoms with Crippen LogP contribution in [0.1, 0.15) is 0 Å². The standard InChI is InChI=1S/C43H28N2S/c1-3-13-29(14-4-1)32-27-37(30-15-5-2-6-16-30)44-38(28-32)31-23-25-33(26-24-31)45-39-20-10-7-17-34(39)42-36-19-9-12-22-41(36)46-43(42)35-18-8-11-21-40(35)45/h1-28H. The van der Waals surface area contributed by atoms with E-state index in [9.17, 15) is 0 Å². The van der Waals surface area contributed by atoms with Gasteiger partial charge in [-0.15, -0.1) is 11.3 Å². The molecule has 0 amide bonds. The van der Waals surface area contributed by atoms with Gasteiger partial charge in [0.2, 0.25) is 0 Å². The number of aromatic nitrogens is 1. The summed E-state index contributed by atoms with van der Waals surface area (Å²) < 4.78 is 1.31. The molecule has 0 saturated heterocycles. The molecule has 8 aromatic rings. The minimum atomic E-state index is 0.956. The quantitative estimate of drug-likeness (QED) is 0.199. The van der Waals surface area contributed by atoms with E-state index in [4.69, 9.17) is 4.98 Å². The molecular formula is C43H28N2S. The van der Waals surface area contributed by atoms with Gasteiger partial charge in [-0.3, -0.25) is 0 Å². The number of hydrogen-bond acceptors (Lipinski definition) is 3. The second kappa shape index (κ2) is 11.0. The maximum Gasteiger partial charge on any atom is 0.0715 e. The molecule has 0 saturated carbocycles. The van der Waals surface area contributed by atoms with E-state index in [1.807, 2.05) is 17.4 Å². The van der Waals surface area contributed by atoms with E-state index in [1.165, 1.54) is 48.6 Å². The number of benzene rings is 6. The molecule has 46 heavy (non-hydrogen) atoms. The molecule has 6 aromatic carbocycles. The van der Waals surface area contributed by atoms with Gasteiger partial charge in [0.15, 0.2) is 0 Å². The predicted molar refractivity (Wildman–Crippen MR) is 195 cm³/mol. The van der Waals surface area contributed by atoms with Crippen molar-refractivity contribution in [3.05, 3.63) is 170 Å². The molecule has 9 rings (SSSR count). The van der Waals surface area contributed by atoms with Crippen molar-refractivity contribution in [1.29, 1.82) is 0 Å². The van der Waals surface area contributed by atoms with E-state index >= 15 is 0 Å². The Balaban J connectivity index is 1.19. The molecular weight excluding hydrogens is 577 g/mol. The van der Waals surface area contributed by atoms with Gasteiger partial charge in [-0.25, -0.2) is 4.98 Å². The van der Waals surface area contributed by atoms with Crippen molar-refractivity contribution in [2.24, 2.45) is 0 Å². The van der Waals surface area contributed by atoms with Gasteiger partial charge in [-0.1, -0.05) is 127 Å². The van der Waals surface area contributed by atoms with Crippen molar-refractivity contribution in [3.8, 4) is 55.2 Å². The predicted octanol–water partition coefficient (Wildman–Crippen LogP) is 12.4. The number of fused-ring (bicyclic) bond motifs is 7. The maximum absolute atomic E-state index is 5.17. The van der Waals surface area contributed by atoms with Crippen molar-refractivity contribution in [2.45, 2.75) is 0 Å². The van der Waals surface area contributed by atoms with Crippen molar-refractivity contribution in [2.75, 3.05) is 4.90 Å². The van der Waals surface area contributed by atoms with Gasteiger partial charge in [-0.2, -0.15) is 0 Å². The Bertz CT molecular complexity index is 2300. The fourth-order valence-electron chi connectivity index (χ4n) is 6.66. The summed E-state index contributed by atoms with van der Waals surface area (Å²) in [5, 5.41) is 1.31. The van der Waals surface area contributed by atoms with E-state index < -0.39 is 0 Å². The third-order valence-electron chi connectivity index (χ3n) is 8.82. The first-order valence-electron chi connectivity index (χ1n) is 15.6. The molecule has 0 bridgehead atoms. The van der Waals surface area contributed by atoms with Crippen LogP contribution in [0.2, 0.25) is 0 Å². The molecule has 3 heterocycles. The highest BCUT2D eigenvalue weighted by Gasteiger charge is 2.28. The van der Waals surface area contributed by atoms with Gasteiger partial charge in [0.05, 0.1) is 22.8 Å². The number of thiophene rings is 1. The van der Waals surface area contributed by atoms with Crippen LogP contribution in [0.15, 0.2) is 170 Å². The number of nitrogens with zero attached hydrogens (tertiary/aromatic N) is 2. The van der Waals surface area contributed by atoms with Crippen LogP contribution < -0.4 is 4.90 Å². The topological polar surface area (TPSA) is 16.1 Å². The van der Waals surface area contributed by atoms with Crippen LogP contribution in [-0.4, -0.2) is 4.98 Å². The lowest BCUT2D eigenvalue weighted by molar-refractivity contribution is 1.29. The molecule has 0 aliphatic carbocycles. The summed E-state index contributed by atoms with van der Waals surface area (Å²) in [5.74, 6) is 0. The lowest BCUT2D eigenvalue weighted by atomic mass is 9.98. The zero-order valence-corrected chi connectivity index (χ0v) is 25.8. The molecule has 0 spiro atoms. The Kier molecular flexibility index (Phi) is 6.36. The highest BCUT2D eigenvalue weighted by molar-refractivity contribution is 7.23. The third-order valence-corrected chi connectivity index (χ3v) is 10.0. The smallest absolute Gasteiger partial charge is 0.0715 e. The molecule has 0 fully saturated rings. The van der Waals surface area contributed by atoms with Crippen LogP contribution >= 0.6 is 11.3 Å². The van der Waals surface area contributed by atoms with E-state index in [-0.39, 0.29) is 0 Å². The van der Waals surface area contributed by atoms with Crippen LogP contribution in [0.25, 0.3) is 65.3 Å². The summed E-state index contributed by atoms with van der Waals surface area (Å²) in [6.07, 6.45) is 0. The molecule has 1 aliphatic heterocycles. The number of para-hydroxylation sites is 2. The molecule has 216 valence electrons. The van der Waals surface area contributed by atoms with Crippen LogP contribution in [-0.2, 0) is 0 Å². The number of anilines is 3. The fraction of sp³-hybridized carbons (Fsp3) is 0. The summed E-state index contributed by atoms with van der Waals surface area (Å²) >= 11 is 1.88. The summed E-state index contributed by atoms with van der Waals surface area (Å²) in [5.41, 5.74) is 13.7. The second-order valence-electron chi connectivity index (χ2n) is 11.6. The Morgan fingerprint density at radius 2 is 0.978 bits per heavy atom. The highest BCUT2D eigenvalue weighted by atomic mass is 32.1. The molecule has 2 aromatic heterocycles. The second-order valence-corrected chi connectivity index (χ2v) is 12.6. The van der Waals surface area contributed by atoms with E-state index in [0.717, 1.165) is 33.8 Å². The van der Waals surface area contributed by atoms with Gasteiger partial charge in [0.25, 0.3) is 0 Å². The van der Waals surface area contributed by atoms with Crippen LogP contribution in [0, 0.1) is 0 Å². The van der Waals surface area contributed by atoms with Crippen molar-refractivity contribution < 1.29 is 0 Å². The minimum Gasteiger partial charge on any atom is -0.309 e. The summed E-state index contributed by atoms with van der Waals surface area (Å²) in [4.78, 5) is 8.90. The Morgan fingerprint density at radius 3 is 1.70 bits per heavy atom. The fourth-order valence-corrected chi connectivity index (χ4v) is 7.92. The first kappa shape index (κ1) is 26.6. The van der Waals surface area contributed by atoms with Gasteiger partial charge >= 0.3 is 0 Å². The Hall–Kier alpha value is -5.77. The van der Waals surface area contributed by atoms with Gasteiger partial charge in [0, 0.05) is 48.5 Å². The highest BCUT2D eigenvalue weighted by Crippen LogP contribution is 2.55. The molecule has 0 radical (unpaired) electrons. The molecule has 3 heteroatoms. The van der Waals surface area contributed by atoms with Gasteiger partial charge < -0.3 is 4.90 Å². The lowest BCUT2D eigenvalue weighted by Crippen LogP contribution is -2.10. The first-order chi connectivity index (χ1) is 22.8.